The number of carbonyl (C=O) groups is 1. The number of hydrogen-bond donors (Lipinski definition) is 2. The van der Waals surface area contributed by atoms with Crippen molar-refractivity contribution >= 4 is 17.7 Å². The van der Waals surface area contributed by atoms with Gasteiger partial charge >= 0.3 is 0 Å². The Bertz CT molecular complexity index is 603. The first-order chi connectivity index (χ1) is 9.08. The predicted octanol–water partition coefficient (Wildman–Crippen LogP) is 0.550. The fraction of sp³-hybridized carbons (Fsp3) is 0.167. The van der Waals surface area contributed by atoms with Gasteiger partial charge in [0.2, 0.25) is 5.91 Å². The molecule has 0 saturated carbocycles. The average molecular weight is 258 g/mol. The molecule has 3 N–H and O–H groups in total. The van der Waals surface area contributed by atoms with E-state index < -0.39 is 0 Å². The topological polar surface area (TPSA) is 101 Å². The van der Waals surface area contributed by atoms with Crippen LogP contribution in [0.1, 0.15) is 5.56 Å². The van der Waals surface area contributed by atoms with E-state index in [-0.39, 0.29) is 5.91 Å². The van der Waals surface area contributed by atoms with Gasteiger partial charge in [0.25, 0.3) is 0 Å². The maximum atomic E-state index is 11.5. The van der Waals surface area contributed by atoms with Crippen LogP contribution >= 0.6 is 0 Å². The standard InChI is InChI=1S/C12H14N6O/c1-18(2)11(19)6-4-8-3-5-10(13)9(7-8)12-14-16-17-15-12/h3-7H,13H2,1-2H3,(H,14,15,16,17). The summed E-state index contributed by atoms with van der Waals surface area (Å²) in [4.78, 5) is 13.0. The van der Waals surface area contributed by atoms with Crippen LogP contribution < -0.4 is 5.73 Å². The van der Waals surface area contributed by atoms with Crippen LogP contribution in [0, 0.1) is 0 Å². The number of nitrogens with zero attached hydrogens (tertiary/aromatic N) is 4. The summed E-state index contributed by atoms with van der Waals surface area (Å²) < 4.78 is 0. The summed E-state index contributed by atoms with van der Waals surface area (Å²) in [6, 6.07) is 5.39. The Kier molecular flexibility index (Phi) is 3.56. The number of aromatic amines is 1. The number of nitrogens with one attached hydrogen (secondary N) is 1. The third kappa shape index (κ3) is 2.95. The predicted molar refractivity (Wildman–Crippen MR) is 71.8 cm³/mol. The molecule has 0 aliphatic carbocycles. The van der Waals surface area contributed by atoms with Gasteiger partial charge in [-0.15, -0.1) is 5.10 Å². The minimum absolute atomic E-state index is 0.0836. The SMILES string of the molecule is CN(C)C(=O)C=Cc1ccc(N)c(-c2nnn[nH]2)c1. The molecule has 0 fully saturated rings. The summed E-state index contributed by atoms with van der Waals surface area (Å²) in [5, 5.41) is 13.5. The van der Waals surface area contributed by atoms with Crippen LogP contribution in [0.25, 0.3) is 17.5 Å². The number of nitrogens with two attached hydrogens (primary N) is 1. The van der Waals surface area contributed by atoms with Gasteiger partial charge in [-0.2, -0.15) is 0 Å². The smallest absolute Gasteiger partial charge is 0.246 e. The van der Waals surface area contributed by atoms with Crippen molar-refractivity contribution in [3.8, 4) is 11.4 Å². The van der Waals surface area contributed by atoms with Crippen LogP contribution in [-0.4, -0.2) is 45.5 Å². The fourth-order valence-corrected chi connectivity index (χ4v) is 1.47. The lowest BCUT2D eigenvalue weighted by molar-refractivity contribution is -0.123. The number of hydrogen-bond acceptors (Lipinski definition) is 5. The van der Waals surface area contributed by atoms with Gasteiger partial charge in [0.05, 0.1) is 0 Å². The number of rotatable bonds is 3. The molecule has 7 nitrogen and oxygen atoms in total. The van der Waals surface area contributed by atoms with E-state index >= 15 is 0 Å². The van der Waals surface area contributed by atoms with Gasteiger partial charge in [0, 0.05) is 31.4 Å². The van der Waals surface area contributed by atoms with Crippen molar-refractivity contribution in [2.75, 3.05) is 19.8 Å². The lowest BCUT2D eigenvalue weighted by atomic mass is 10.1. The highest BCUT2D eigenvalue weighted by Gasteiger charge is 2.07. The van der Waals surface area contributed by atoms with Gasteiger partial charge in [-0.05, 0) is 34.2 Å². The Morgan fingerprint density at radius 3 is 2.84 bits per heavy atom. The Hall–Kier alpha value is -2.70. The molecule has 1 aromatic carbocycles. The van der Waals surface area contributed by atoms with Gasteiger partial charge in [-0.1, -0.05) is 6.07 Å². The highest BCUT2D eigenvalue weighted by Crippen LogP contribution is 2.23. The van der Waals surface area contributed by atoms with Crippen molar-refractivity contribution < 1.29 is 4.79 Å². The number of aromatic nitrogens is 4. The lowest BCUT2D eigenvalue weighted by Crippen LogP contribution is -2.18. The van der Waals surface area contributed by atoms with E-state index in [1.54, 1.807) is 26.2 Å². The molecular formula is C12H14N6O. The van der Waals surface area contributed by atoms with Crippen LogP contribution in [-0.2, 0) is 4.79 Å². The van der Waals surface area contributed by atoms with Gasteiger partial charge in [0.15, 0.2) is 5.82 Å². The van der Waals surface area contributed by atoms with Crippen LogP contribution in [0.3, 0.4) is 0 Å². The molecule has 0 atom stereocenters. The Morgan fingerprint density at radius 2 is 2.21 bits per heavy atom. The van der Waals surface area contributed by atoms with Crippen molar-refractivity contribution in [2.24, 2.45) is 0 Å². The lowest BCUT2D eigenvalue weighted by Gasteiger charge is -2.06. The molecule has 2 aromatic rings. The van der Waals surface area contributed by atoms with Crippen molar-refractivity contribution in [1.29, 1.82) is 0 Å². The van der Waals surface area contributed by atoms with E-state index in [9.17, 15) is 4.79 Å². The monoisotopic (exact) mass is 258 g/mol. The van der Waals surface area contributed by atoms with E-state index in [0.717, 1.165) is 5.56 Å². The summed E-state index contributed by atoms with van der Waals surface area (Å²) in [6.07, 6.45) is 3.21. The summed E-state index contributed by atoms with van der Waals surface area (Å²) in [6.45, 7) is 0. The molecule has 0 unspecified atom stereocenters. The van der Waals surface area contributed by atoms with Crippen LogP contribution in [0.4, 0.5) is 5.69 Å². The summed E-state index contributed by atoms with van der Waals surface area (Å²) in [7, 11) is 3.39. The molecule has 1 amide bonds. The van der Waals surface area contributed by atoms with Crippen LogP contribution in [0.15, 0.2) is 24.3 Å². The molecule has 0 aliphatic heterocycles. The molecule has 0 radical (unpaired) electrons. The molecule has 98 valence electrons. The highest BCUT2D eigenvalue weighted by atomic mass is 16.2. The van der Waals surface area contributed by atoms with Crippen molar-refractivity contribution in [1.82, 2.24) is 25.5 Å². The molecule has 1 heterocycles. The Morgan fingerprint density at radius 1 is 1.42 bits per heavy atom. The van der Waals surface area contributed by atoms with Gasteiger partial charge < -0.3 is 10.6 Å². The Labute approximate surface area is 110 Å². The van der Waals surface area contributed by atoms with Gasteiger partial charge in [-0.25, -0.2) is 5.10 Å². The summed E-state index contributed by atoms with van der Waals surface area (Å²) >= 11 is 0. The van der Waals surface area contributed by atoms with Crippen LogP contribution in [0.5, 0.6) is 0 Å². The van der Waals surface area contributed by atoms with E-state index in [1.807, 2.05) is 12.1 Å². The molecule has 0 spiro atoms. The van der Waals surface area contributed by atoms with Crippen LogP contribution in [0.2, 0.25) is 0 Å². The van der Waals surface area contributed by atoms with Crippen molar-refractivity contribution in [3.63, 3.8) is 0 Å². The molecular weight excluding hydrogens is 244 g/mol. The molecule has 0 aliphatic rings. The number of benzene rings is 1. The minimum Gasteiger partial charge on any atom is -0.398 e. The van der Waals surface area contributed by atoms with Crippen molar-refractivity contribution in [2.45, 2.75) is 0 Å². The van der Waals surface area contributed by atoms with Crippen molar-refractivity contribution in [3.05, 3.63) is 29.8 Å². The highest BCUT2D eigenvalue weighted by molar-refractivity contribution is 5.91. The normalized spacial score (nSPS) is 10.8. The first-order valence-corrected chi connectivity index (χ1v) is 5.61. The summed E-state index contributed by atoms with van der Waals surface area (Å²) in [5.41, 5.74) is 7.98. The molecule has 0 bridgehead atoms. The zero-order chi connectivity index (χ0) is 13.8. The first kappa shape index (κ1) is 12.7. The second-order valence-electron chi connectivity index (χ2n) is 4.16. The number of nitrogen functional groups attached to an aromatic ring is 1. The van der Waals surface area contributed by atoms with E-state index in [0.29, 0.717) is 17.1 Å². The second kappa shape index (κ2) is 5.30. The minimum atomic E-state index is -0.0836. The maximum Gasteiger partial charge on any atom is 0.246 e. The number of H-pyrrole nitrogens is 1. The number of carbonyl (C=O) groups excluding carboxylic acids is 1. The van der Waals surface area contributed by atoms with Gasteiger partial charge in [-0.3, -0.25) is 4.79 Å². The number of tetrazole rings is 1. The van der Waals surface area contributed by atoms with E-state index in [1.165, 1.54) is 11.0 Å². The zero-order valence-electron chi connectivity index (χ0n) is 10.7. The van der Waals surface area contributed by atoms with E-state index in [2.05, 4.69) is 20.6 Å². The maximum absolute atomic E-state index is 11.5. The number of likely N-dealkylation sites (N-methyl/N-ethyl adjacent to an activating group) is 1. The quantitative estimate of drug-likeness (QED) is 0.618. The molecule has 7 heteroatoms. The number of amides is 1. The molecule has 2 rings (SSSR count). The second-order valence-corrected chi connectivity index (χ2v) is 4.16. The van der Waals surface area contributed by atoms with E-state index in [4.69, 9.17) is 5.73 Å². The third-order valence-corrected chi connectivity index (χ3v) is 2.54. The average Bonchev–Trinajstić information content (AvgIpc) is 2.91. The summed E-state index contributed by atoms with van der Waals surface area (Å²) in [5.74, 6) is 0.409. The van der Waals surface area contributed by atoms with Gasteiger partial charge in [0.1, 0.15) is 0 Å². The largest absolute Gasteiger partial charge is 0.398 e. The zero-order valence-corrected chi connectivity index (χ0v) is 10.7. The Balaban J connectivity index is 2.29. The first-order valence-electron chi connectivity index (χ1n) is 5.61. The molecule has 1 aromatic heterocycles. The number of anilines is 1. The molecule has 19 heavy (non-hydrogen) atoms. The molecule has 0 saturated heterocycles. The fourth-order valence-electron chi connectivity index (χ4n) is 1.47. The third-order valence-electron chi connectivity index (χ3n) is 2.54.